The van der Waals surface area contributed by atoms with E-state index in [1.165, 1.54) is 0 Å². The van der Waals surface area contributed by atoms with Crippen molar-refractivity contribution in [2.75, 3.05) is 0 Å². The minimum absolute atomic E-state index is 0.143. The molecule has 0 heterocycles. The summed E-state index contributed by atoms with van der Waals surface area (Å²) in [7, 11) is -3.73. The standard InChI is InChI=1S/C15H18O3S/c1-11(2)12(3)18-19(16,17)15-10-6-8-13-7-4-5-9-14(13)15/h4-12H,1-3H3. The molecule has 0 spiro atoms. The zero-order valence-electron chi connectivity index (χ0n) is 11.3. The molecular weight excluding hydrogens is 260 g/mol. The third kappa shape index (κ3) is 2.96. The van der Waals surface area contributed by atoms with Gasteiger partial charge in [0.15, 0.2) is 0 Å². The van der Waals surface area contributed by atoms with Crippen LogP contribution in [0.2, 0.25) is 0 Å². The molecule has 1 atom stereocenters. The van der Waals surface area contributed by atoms with E-state index < -0.39 is 10.1 Å². The second kappa shape index (κ2) is 5.31. The number of fused-ring (bicyclic) bond motifs is 1. The van der Waals surface area contributed by atoms with Gasteiger partial charge in [0.2, 0.25) is 0 Å². The third-order valence-corrected chi connectivity index (χ3v) is 4.69. The van der Waals surface area contributed by atoms with Gasteiger partial charge in [-0.05, 0) is 24.3 Å². The zero-order valence-corrected chi connectivity index (χ0v) is 12.1. The summed E-state index contributed by atoms with van der Waals surface area (Å²) < 4.78 is 29.9. The maximum Gasteiger partial charge on any atom is 0.297 e. The molecule has 0 saturated heterocycles. The fourth-order valence-corrected chi connectivity index (χ4v) is 3.20. The monoisotopic (exact) mass is 278 g/mol. The van der Waals surface area contributed by atoms with Crippen LogP contribution in [0, 0.1) is 5.92 Å². The Kier molecular flexibility index (Phi) is 3.92. The maximum absolute atomic E-state index is 12.3. The Morgan fingerprint density at radius 3 is 2.26 bits per heavy atom. The highest BCUT2D eigenvalue weighted by molar-refractivity contribution is 7.87. The van der Waals surface area contributed by atoms with Gasteiger partial charge in [-0.15, -0.1) is 0 Å². The van der Waals surface area contributed by atoms with E-state index in [0.717, 1.165) is 5.39 Å². The number of rotatable bonds is 4. The molecule has 0 aliphatic rings. The largest absolute Gasteiger partial charge is 0.297 e. The van der Waals surface area contributed by atoms with Crippen molar-refractivity contribution < 1.29 is 12.6 Å². The predicted octanol–water partition coefficient (Wildman–Crippen LogP) is 3.59. The molecule has 0 aliphatic heterocycles. The maximum atomic E-state index is 12.3. The van der Waals surface area contributed by atoms with Crippen molar-refractivity contribution in [2.24, 2.45) is 5.92 Å². The SMILES string of the molecule is CC(C)C(C)OS(=O)(=O)c1cccc2ccccc12. The summed E-state index contributed by atoms with van der Waals surface area (Å²) in [5, 5.41) is 1.59. The van der Waals surface area contributed by atoms with Crippen molar-refractivity contribution in [1.29, 1.82) is 0 Å². The van der Waals surface area contributed by atoms with Gasteiger partial charge in [-0.3, -0.25) is 4.18 Å². The molecule has 0 N–H and O–H groups in total. The highest BCUT2D eigenvalue weighted by Crippen LogP contribution is 2.25. The Labute approximate surface area is 114 Å². The highest BCUT2D eigenvalue weighted by Gasteiger charge is 2.22. The Morgan fingerprint density at radius 1 is 0.947 bits per heavy atom. The highest BCUT2D eigenvalue weighted by atomic mass is 32.2. The lowest BCUT2D eigenvalue weighted by Gasteiger charge is -2.17. The van der Waals surface area contributed by atoms with Crippen molar-refractivity contribution in [3.05, 3.63) is 42.5 Å². The Balaban J connectivity index is 2.49. The molecule has 1 unspecified atom stereocenters. The summed E-state index contributed by atoms with van der Waals surface area (Å²) in [6, 6.07) is 12.6. The first-order chi connectivity index (χ1) is 8.92. The van der Waals surface area contributed by atoms with Crippen molar-refractivity contribution in [2.45, 2.75) is 31.8 Å². The summed E-state index contributed by atoms with van der Waals surface area (Å²) in [5.74, 6) is 0.143. The van der Waals surface area contributed by atoms with Gasteiger partial charge in [0.25, 0.3) is 10.1 Å². The second-order valence-electron chi connectivity index (χ2n) is 4.98. The van der Waals surface area contributed by atoms with E-state index in [0.29, 0.717) is 5.39 Å². The van der Waals surface area contributed by atoms with Gasteiger partial charge in [-0.2, -0.15) is 8.42 Å². The lowest BCUT2D eigenvalue weighted by Crippen LogP contribution is -2.20. The van der Waals surface area contributed by atoms with Crippen LogP contribution < -0.4 is 0 Å². The molecule has 2 rings (SSSR count). The molecule has 0 aliphatic carbocycles. The lowest BCUT2D eigenvalue weighted by atomic mass is 10.1. The molecule has 102 valence electrons. The van der Waals surface area contributed by atoms with Crippen LogP contribution >= 0.6 is 0 Å². The van der Waals surface area contributed by atoms with Gasteiger partial charge in [-0.1, -0.05) is 50.2 Å². The Hall–Kier alpha value is -1.39. The molecular formula is C15H18O3S. The van der Waals surface area contributed by atoms with Crippen LogP contribution in [-0.4, -0.2) is 14.5 Å². The normalized spacial score (nSPS) is 13.9. The summed E-state index contributed by atoms with van der Waals surface area (Å²) >= 11 is 0. The Bertz CT molecular complexity index is 669. The fraction of sp³-hybridized carbons (Fsp3) is 0.333. The molecule has 0 radical (unpaired) electrons. The van der Waals surface area contributed by atoms with E-state index in [4.69, 9.17) is 4.18 Å². The Morgan fingerprint density at radius 2 is 1.58 bits per heavy atom. The molecule has 0 amide bonds. The summed E-state index contributed by atoms with van der Waals surface area (Å²) in [6.45, 7) is 5.64. The van der Waals surface area contributed by atoms with Gasteiger partial charge >= 0.3 is 0 Å². The molecule has 0 saturated carbocycles. The number of benzene rings is 2. The first-order valence-corrected chi connectivity index (χ1v) is 7.73. The van der Waals surface area contributed by atoms with Crippen molar-refractivity contribution >= 4 is 20.9 Å². The van der Waals surface area contributed by atoms with E-state index in [1.807, 2.05) is 38.1 Å². The summed E-state index contributed by atoms with van der Waals surface area (Å²) in [4.78, 5) is 0.234. The fourth-order valence-electron chi connectivity index (χ4n) is 1.78. The van der Waals surface area contributed by atoms with Crippen LogP contribution in [0.4, 0.5) is 0 Å². The minimum atomic E-state index is -3.73. The summed E-state index contributed by atoms with van der Waals surface area (Å²) in [5.41, 5.74) is 0. The average Bonchev–Trinajstić information content (AvgIpc) is 2.37. The van der Waals surface area contributed by atoms with Gasteiger partial charge < -0.3 is 0 Å². The van der Waals surface area contributed by atoms with Crippen LogP contribution in [0.25, 0.3) is 10.8 Å². The average molecular weight is 278 g/mol. The van der Waals surface area contributed by atoms with E-state index in [9.17, 15) is 8.42 Å². The minimum Gasteiger partial charge on any atom is -0.263 e. The van der Waals surface area contributed by atoms with Crippen LogP contribution in [-0.2, 0) is 14.3 Å². The van der Waals surface area contributed by atoms with Gasteiger partial charge in [0.05, 0.1) is 6.10 Å². The smallest absolute Gasteiger partial charge is 0.263 e. The predicted molar refractivity (Wildman–Crippen MR) is 76.5 cm³/mol. The molecule has 0 bridgehead atoms. The second-order valence-corrected chi connectivity index (χ2v) is 6.52. The first kappa shape index (κ1) is 14.0. The molecule has 2 aromatic rings. The van der Waals surface area contributed by atoms with Crippen LogP contribution in [0.3, 0.4) is 0 Å². The van der Waals surface area contributed by atoms with Crippen molar-refractivity contribution in [3.8, 4) is 0 Å². The molecule has 3 nitrogen and oxygen atoms in total. The lowest BCUT2D eigenvalue weighted by molar-refractivity contribution is 0.178. The number of hydrogen-bond donors (Lipinski definition) is 0. The van der Waals surface area contributed by atoms with E-state index in [1.54, 1.807) is 25.1 Å². The summed E-state index contributed by atoms with van der Waals surface area (Å²) in [6.07, 6.45) is -0.344. The topological polar surface area (TPSA) is 43.4 Å². The zero-order chi connectivity index (χ0) is 14.0. The van der Waals surface area contributed by atoms with E-state index in [-0.39, 0.29) is 16.9 Å². The van der Waals surface area contributed by atoms with Crippen LogP contribution in [0.1, 0.15) is 20.8 Å². The van der Waals surface area contributed by atoms with Gasteiger partial charge in [0, 0.05) is 5.39 Å². The number of hydrogen-bond acceptors (Lipinski definition) is 3. The molecule has 4 heteroatoms. The van der Waals surface area contributed by atoms with Crippen LogP contribution in [0.15, 0.2) is 47.4 Å². The molecule has 19 heavy (non-hydrogen) atoms. The van der Waals surface area contributed by atoms with E-state index >= 15 is 0 Å². The third-order valence-electron chi connectivity index (χ3n) is 3.24. The first-order valence-electron chi connectivity index (χ1n) is 6.33. The quantitative estimate of drug-likeness (QED) is 0.803. The molecule has 0 fully saturated rings. The van der Waals surface area contributed by atoms with Crippen molar-refractivity contribution in [1.82, 2.24) is 0 Å². The van der Waals surface area contributed by atoms with E-state index in [2.05, 4.69) is 0 Å². The van der Waals surface area contributed by atoms with Crippen molar-refractivity contribution in [3.63, 3.8) is 0 Å². The molecule has 2 aromatic carbocycles. The van der Waals surface area contributed by atoms with Gasteiger partial charge in [-0.25, -0.2) is 0 Å². The van der Waals surface area contributed by atoms with Gasteiger partial charge in [0.1, 0.15) is 4.90 Å². The molecule has 0 aromatic heterocycles. The van der Waals surface area contributed by atoms with Crippen LogP contribution in [0.5, 0.6) is 0 Å².